The number of hydrogen-bond donors (Lipinski definition) is 0. The summed E-state index contributed by atoms with van der Waals surface area (Å²) in [7, 11) is 0. The van der Waals surface area contributed by atoms with Crippen molar-refractivity contribution in [2.24, 2.45) is 0 Å². The molecule has 134 valence electrons. The second-order valence-electron chi connectivity index (χ2n) is 6.59. The lowest BCUT2D eigenvalue weighted by Crippen LogP contribution is -2.40. The summed E-state index contributed by atoms with van der Waals surface area (Å²) in [5, 5.41) is 4.17. The molecule has 1 aromatic heterocycles. The van der Waals surface area contributed by atoms with E-state index in [1.165, 1.54) is 18.5 Å². The van der Waals surface area contributed by atoms with Crippen LogP contribution in [0.3, 0.4) is 0 Å². The summed E-state index contributed by atoms with van der Waals surface area (Å²) in [4.78, 5) is 18.6. The number of ether oxygens (including phenoxy) is 1. The molecular weight excluding hydrogens is 323 g/mol. The average molecular weight is 346 g/mol. The van der Waals surface area contributed by atoms with E-state index in [1.807, 2.05) is 13.8 Å². The molecule has 0 saturated carbocycles. The van der Waals surface area contributed by atoms with E-state index < -0.39 is 0 Å². The number of rotatable bonds is 5. The summed E-state index contributed by atoms with van der Waals surface area (Å²) in [5.41, 5.74) is 0.896. The van der Waals surface area contributed by atoms with Crippen molar-refractivity contribution in [1.29, 1.82) is 0 Å². The van der Waals surface area contributed by atoms with E-state index in [0.717, 1.165) is 12.8 Å². The maximum atomic E-state index is 14.0. The van der Waals surface area contributed by atoms with Gasteiger partial charge in [0.25, 0.3) is 5.91 Å². The van der Waals surface area contributed by atoms with Crippen LogP contribution in [0.1, 0.15) is 48.7 Å². The Hall–Kier alpha value is -2.28. The first-order valence-electron chi connectivity index (χ1n) is 8.58. The van der Waals surface area contributed by atoms with Gasteiger partial charge in [0.15, 0.2) is 0 Å². The van der Waals surface area contributed by atoms with Gasteiger partial charge in [0.1, 0.15) is 18.5 Å². The molecule has 7 heteroatoms. The van der Waals surface area contributed by atoms with Gasteiger partial charge in [-0.2, -0.15) is 5.10 Å². The molecule has 3 rings (SSSR count). The molecule has 0 bridgehead atoms. The Balaban J connectivity index is 1.72. The van der Waals surface area contributed by atoms with E-state index in [-0.39, 0.29) is 30.5 Å². The number of benzene rings is 1. The minimum atomic E-state index is -0.351. The molecule has 1 aromatic carbocycles. The monoisotopic (exact) mass is 346 g/mol. The molecule has 1 aliphatic heterocycles. The van der Waals surface area contributed by atoms with Crippen molar-refractivity contribution in [3.63, 3.8) is 0 Å². The van der Waals surface area contributed by atoms with Crippen LogP contribution in [0.2, 0.25) is 0 Å². The number of hydrogen-bond acceptors (Lipinski definition) is 4. The van der Waals surface area contributed by atoms with Gasteiger partial charge in [-0.1, -0.05) is 0 Å². The Morgan fingerprint density at radius 2 is 2.28 bits per heavy atom. The van der Waals surface area contributed by atoms with Gasteiger partial charge in [-0.3, -0.25) is 4.79 Å². The zero-order chi connectivity index (χ0) is 17.8. The van der Waals surface area contributed by atoms with Crippen molar-refractivity contribution in [3.8, 4) is 0 Å². The predicted molar refractivity (Wildman–Crippen MR) is 90.5 cm³/mol. The number of carbonyl (C=O) groups is 1. The molecule has 0 spiro atoms. The molecular formula is C18H23FN4O2. The number of aromatic nitrogens is 3. The molecule has 25 heavy (non-hydrogen) atoms. The highest BCUT2D eigenvalue weighted by Gasteiger charge is 2.26. The lowest BCUT2D eigenvalue weighted by molar-refractivity contribution is 0.0633. The fourth-order valence-corrected chi connectivity index (χ4v) is 3.02. The van der Waals surface area contributed by atoms with Crippen LogP contribution in [0.15, 0.2) is 30.9 Å². The molecule has 0 N–H and O–H groups in total. The van der Waals surface area contributed by atoms with E-state index in [9.17, 15) is 9.18 Å². The van der Waals surface area contributed by atoms with Crippen molar-refractivity contribution >= 4 is 5.91 Å². The highest BCUT2D eigenvalue weighted by molar-refractivity contribution is 5.94. The summed E-state index contributed by atoms with van der Waals surface area (Å²) >= 11 is 0. The van der Waals surface area contributed by atoms with Gasteiger partial charge in [-0.25, -0.2) is 14.1 Å². The Bertz CT molecular complexity index is 718. The van der Waals surface area contributed by atoms with Crippen molar-refractivity contribution in [3.05, 3.63) is 47.8 Å². The number of halogens is 1. The second-order valence-corrected chi connectivity index (χ2v) is 6.59. The van der Waals surface area contributed by atoms with Gasteiger partial charge in [0, 0.05) is 24.2 Å². The van der Waals surface area contributed by atoms with E-state index in [4.69, 9.17) is 4.74 Å². The van der Waals surface area contributed by atoms with Gasteiger partial charge in [0.2, 0.25) is 0 Å². The van der Waals surface area contributed by atoms with Crippen LogP contribution in [-0.2, 0) is 11.3 Å². The maximum Gasteiger partial charge on any atom is 0.253 e. The van der Waals surface area contributed by atoms with Crippen molar-refractivity contribution in [1.82, 2.24) is 19.7 Å². The second kappa shape index (κ2) is 7.74. The largest absolute Gasteiger partial charge is 0.374 e. The average Bonchev–Trinajstić information content (AvgIpc) is 3.15. The van der Waals surface area contributed by atoms with E-state index >= 15 is 0 Å². The summed E-state index contributed by atoms with van der Waals surface area (Å²) in [6.07, 6.45) is 5.05. The van der Waals surface area contributed by atoms with E-state index in [0.29, 0.717) is 24.2 Å². The molecule has 6 nitrogen and oxygen atoms in total. The number of amides is 1. The zero-order valence-corrected chi connectivity index (χ0v) is 14.6. The van der Waals surface area contributed by atoms with E-state index in [2.05, 4.69) is 10.1 Å². The first-order valence-corrected chi connectivity index (χ1v) is 8.58. The molecule has 0 aliphatic carbocycles. The fraction of sp³-hybridized carbons (Fsp3) is 0.500. The quantitative estimate of drug-likeness (QED) is 0.835. The molecule has 1 atom stereocenters. The number of likely N-dealkylation sites (tertiary alicyclic amines) is 1. The number of piperidine rings is 1. The molecule has 2 heterocycles. The molecule has 1 amide bonds. The molecule has 0 radical (unpaired) electrons. The molecule has 1 fully saturated rings. The van der Waals surface area contributed by atoms with Gasteiger partial charge >= 0.3 is 0 Å². The van der Waals surface area contributed by atoms with Crippen LogP contribution in [0, 0.1) is 5.82 Å². The standard InChI is InChI=1S/C18H23FN4O2/c1-13(2)25-10-15-8-14(5-6-17(15)19)18(24)22-7-3-4-16(9-22)23-12-20-11-21-23/h5-6,8,11-13,16H,3-4,7,9-10H2,1-2H3/t16-/m0/s1. The summed E-state index contributed by atoms with van der Waals surface area (Å²) in [5.74, 6) is -0.438. The van der Waals surface area contributed by atoms with Crippen LogP contribution in [0.4, 0.5) is 4.39 Å². The van der Waals surface area contributed by atoms with Gasteiger partial charge in [-0.05, 0) is 44.9 Å². The highest BCUT2D eigenvalue weighted by Crippen LogP contribution is 2.22. The first-order chi connectivity index (χ1) is 12.0. The van der Waals surface area contributed by atoms with Crippen LogP contribution in [-0.4, -0.2) is 44.8 Å². The topological polar surface area (TPSA) is 60.2 Å². The molecule has 0 unspecified atom stereocenters. The Morgan fingerprint density at radius 1 is 1.44 bits per heavy atom. The van der Waals surface area contributed by atoms with Crippen LogP contribution < -0.4 is 0 Å². The van der Waals surface area contributed by atoms with Crippen molar-refractivity contribution in [2.45, 2.75) is 45.4 Å². The molecule has 1 saturated heterocycles. The third kappa shape index (κ3) is 4.22. The number of carbonyl (C=O) groups excluding carboxylic acids is 1. The minimum Gasteiger partial charge on any atom is -0.374 e. The third-order valence-electron chi connectivity index (χ3n) is 4.36. The predicted octanol–water partition coefficient (Wildman–Crippen LogP) is 2.82. The number of nitrogens with zero attached hydrogens (tertiary/aromatic N) is 4. The van der Waals surface area contributed by atoms with Gasteiger partial charge in [0.05, 0.1) is 18.8 Å². The molecule has 1 aliphatic rings. The van der Waals surface area contributed by atoms with Crippen molar-refractivity contribution in [2.75, 3.05) is 13.1 Å². The lowest BCUT2D eigenvalue weighted by Gasteiger charge is -2.32. The van der Waals surface area contributed by atoms with E-state index in [1.54, 1.807) is 22.0 Å². The normalized spacial score (nSPS) is 17.9. The Morgan fingerprint density at radius 3 is 3.00 bits per heavy atom. The smallest absolute Gasteiger partial charge is 0.253 e. The highest BCUT2D eigenvalue weighted by atomic mass is 19.1. The summed E-state index contributed by atoms with van der Waals surface area (Å²) < 4.78 is 21.2. The lowest BCUT2D eigenvalue weighted by atomic mass is 10.0. The first kappa shape index (κ1) is 17.5. The Kier molecular flexibility index (Phi) is 5.43. The maximum absolute atomic E-state index is 14.0. The van der Waals surface area contributed by atoms with Crippen LogP contribution in [0.5, 0.6) is 0 Å². The van der Waals surface area contributed by atoms with Crippen LogP contribution in [0.25, 0.3) is 0 Å². The van der Waals surface area contributed by atoms with Crippen molar-refractivity contribution < 1.29 is 13.9 Å². The van der Waals surface area contributed by atoms with Gasteiger partial charge in [-0.15, -0.1) is 0 Å². The zero-order valence-electron chi connectivity index (χ0n) is 14.6. The summed E-state index contributed by atoms with van der Waals surface area (Å²) in [6, 6.07) is 4.60. The molecule has 2 aromatic rings. The van der Waals surface area contributed by atoms with Crippen LogP contribution >= 0.6 is 0 Å². The van der Waals surface area contributed by atoms with Gasteiger partial charge < -0.3 is 9.64 Å². The summed E-state index contributed by atoms with van der Waals surface area (Å²) in [6.45, 7) is 5.22. The minimum absolute atomic E-state index is 0.00397. The Labute approximate surface area is 146 Å². The SMILES string of the molecule is CC(C)OCc1cc(C(=O)N2CCC[C@H](n3cncn3)C2)ccc1F. The fourth-order valence-electron chi connectivity index (χ4n) is 3.02. The third-order valence-corrected chi connectivity index (χ3v) is 4.36.